The molecule has 38 heavy (non-hydrogen) atoms. The number of benzene rings is 4. The summed E-state index contributed by atoms with van der Waals surface area (Å²) in [6.07, 6.45) is 0. The summed E-state index contributed by atoms with van der Waals surface area (Å²) < 4.78 is 23.6. The first-order valence-electron chi connectivity index (χ1n) is 11.6. The molecular weight excluding hydrogens is 491 g/mol. The van der Waals surface area contributed by atoms with Crippen LogP contribution in [0.15, 0.2) is 84.9 Å². The summed E-state index contributed by atoms with van der Waals surface area (Å²) in [5.41, 5.74) is 2.44. The second-order valence-corrected chi connectivity index (χ2v) is 8.32. The number of halogens is 1. The molecule has 0 aromatic heterocycles. The maximum absolute atomic E-state index is 13.1. The number of aromatic carboxylic acids is 1. The van der Waals surface area contributed by atoms with Gasteiger partial charge in [0.25, 0.3) is 0 Å². The van der Waals surface area contributed by atoms with Gasteiger partial charge in [-0.05, 0) is 71.8 Å². The van der Waals surface area contributed by atoms with Gasteiger partial charge >= 0.3 is 11.9 Å². The van der Waals surface area contributed by atoms with Gasteiger partial charge in [0.2, 0.25) is 0 Å². The standard InChI is InChI=1S/C29H25FN2O6/c1-37-23-10-4-19(5-11-23)17-31-21-8-12-26(33)24(14-21)29(36)38-27-13-9-22(15-25(27)28(34)35)32-16-18-2-6-20(30)7-3-18/h2-15,31-33H,16-17H2,1H3,(H,34,35). The van der Waals surface area contributed by atoms with Crippen LogP contribution in [0.3, 0.4) is 0 Å². The van der Waals surface area contributed by atoms with Crippen molar-refractivity contribution in [2.75, 3.05) is 17.7 Å². The van der Waals surface area contributed by atoms with E-state index in [1.165, 1.54) is 36.4 Å². The van der Waals surface area contributed by atoms with E-state index >= 15 is 0 Å². The van der Waals surface area contributed by atoms with Gasteiger partial charge in [-0.1, -0.05) is 24.3 Å². The molecule has 9 heteroatoms. The third-order valence-corrected chi connectivity index (χ3v) is 5.69. The van der Waals surface area contributed by atoms with E-state index in [1.54, 1.807) is 31.4 Å². The Morgan fingerprint density at radius 3 is 1.92 bits per heavy atom. The number of carboxylic acids is 1. The van der Waals surface area contributed by atoms with Gasteiger partial charge in [-0.3, -0.25) is 0 Å². The summed E-state index contributed by atoms with van der Waals surface area (Å²) in [4.78, 5) is 24.7. The molecule has 0 spiro atoms. The molecule has 0 heterocycles. The van der Waals surface area contributed by atoms with Crippen molar-refractivity contribution in [2.24, 2.45) is 0 Å². The van der Waals surface area contributed by atoms with E-state index in [0.717, 1.165) is 16.9 Å². The fraction of sp³-hybridized carbons (Fsp3) is 0.103. The molecule has 0 fully saturated rings. The average Bonchev–Trinajstić information content (AvgIpc) is 2.93. The van der Waals surface area contributed by atoms with E-state index in [0.29, 0.717) is 24.5 Å². The molecule has 4 N–H and O–H groups in total. The Kier molecular flexibility index (Phi) is 8.07. The molecule has 8 nitrogen and oxygen atoms in total. The van der Waals surface area contributed by atoms with Crippen LogP contribution in [0.1, 0.15) is 31.8 Å². The van der Waals surface area contributed by atoms with E-state index in [9.17, 15) is 24.2 Å². The zero-order valence-electron chi connectivity index (χ0n) is 20.4. The highest BCUT2D eigenvalue weighted by atomic mass is 19.1. The van der Waals surface area contributed by atoms with Gasteiger partial charge < -0.3 is 30.3 Å². The lowest BCUT2D eigenvalue weighted by atomic mass is 10.1. The van der Waals surface area contributed by atoms with E-state index in [1.807, 2.05) is 24.3 Å². The zero-order chi connectivity index (χ0) is 27.1. The molecule has 0 amide bonds. The number of anilines is 2. The van der Waals surface area contributed by atoms with Gasteiger partial charge in [0.05, 0.1) is 7.11 Å². The summed E-state index contributed by atoms with van der Waals surface area (Å²) in [6, 6.07) is 22.0. The van der Waals surface area contributed by atoms with Crippen LogP contribution in [-0.2, 0) is 13.1 Å². The van der Waals surface area contributed by atoms with Crippen LogP contribution in [0.5, 0.6) is 17.2 Å². The Hall–Kier alpha value is -5.05. The zero-order valence-corrected chi connectivity index (χ0v) is 20.4. The van der Waals surface area contributed by atoms with Crippen LogP contribution in [0.4, 0.5) is 15.8 Å². The fourth-order valence-corrected chi connectivity index (χ4v) is 3.61. The number of ether oxygens (including phenoxy) is 2. The highest BCUT2D eigenvalue weighted by molar-refractivity contribution is 5.98. The van der Waals surface area contributed by atoms with Gasteiger partial charge in [0.1, 0.15) is 34.2 Å². The fourth-order valence-electron chi connectivity index (χ4n) is 3.61. The number of aromatic hydroxyl groups is 1. The molecule has 0 bridgehead atoms. The lowest BCUT2D eigenvalue weighted by Gasteiger charge is -2.13. The molecule has 0 atom stereocenters. The van der Waals surface area contributed by atoms with Crippen molar-refractivity contribution in [3.05, 3.63) is 113 Å². The lowest BCUT2D eigenvalue weighted by molar-refractivity contribution is 0.0681. The minimum absolute atomic E-state index is 0.125. The summed E-state index contributed by atoms with van der Waals surface area (Å²) in [5, 5.41) is 26.1. The smallest absolute Gasteiger partial charge is 0.347 e. The number of phenols is 1. The van der Waals surface area contributed by atoms with Crippen molar-refractivity contribution in [1.29, 1.82) is 0 Å². The molecular formula is C29H25FN2O6. The Balaban J connectivity index is 1.45. The largest absolute Gasteiger partial charge is 0.507 e. The molecule has 0 saturated carbocycles. The van der Waals surface area contributed by atoms with Gasteiger partial charge in [-0.25, -0.2) is 14.0 Å². The number of carbonyl (C=O) groups is 2. The third kappa shape index (κ3) is 6.58. The number of esters is 1. The maximum Gasteiger partial charge on any atom is 0.347 e. The van der Waals surface area contributed by atoms with Gasteiger partial charge in [-0.15, -0.1) is 0 Å². The molecule has 0 aliphatic carbocycles. The molecule has 0 radical (unpaired) electrons. The van der Waals surface area contributed by atoms with Crippen LogP contribution in [-0.4, -0.2) is 29.3 Å². The van der Waals surface area contributed by atoms with Crippen LogP contribution in [0.25, 0.3) is 0 Å². The molecule has 0 saturated heterocycles. The third-order valence-electron chi connectivity index (χ3n) is 5.69. The molecule has 0 unspecified atom stereocenters. The molecule has 4 rings (SSSR count). The molecule has 0 aliphatic heterocycles. The predicted octanol–water partition coefficient (Wildman–Crippen LogP) is 5.68. The number of rotatable bonds is 10. The van der Waals surface area contributed by atoms with Crippen LogP contribution in [0, 0.1) is 5.82 Å². The van der Waals surface area contributed by atoms with Crippen molar-refractivity contribution in [3.63, 3.8) is 0 Å². The van der Waals surface area contributed by atoms with Crippen molar-refractivity contribution in [2.45, 2.75) is 13.1 Å². The van der Waals surface area contributed by atoms with E-state index in [2.05, 4.69) is 10.6 Å². The van der Waals surface area contributed by atoms with E-state index in [4.69, 9.17) is 9.47 Å². The number of hydrogen-bond donors (Lipinski definition) is 4. The minimum Gasteiger partial charge on any atom is -0.507 e. The maximum atomic E-state index is 13.1. The van der Waals surface area contributed by atoms with Gasteiger partial charge in [0, 0.05) is 24.5 Å². The number of nitrogens with one attached hydrogen (secondary N) is 2. The topological polar surface area (TPSA) is 117 Å². The van der Waals surface area contributed by atoms with Crippen molar-refractivity contribution in [1.82, 2.24) is 0 Å². The predicted molar refractivity (Wildman–Crippen MR) is 141 cm³/mol. The second-order valence-electron chi connectivity index (χ2n) is 8.32. The highest BCUT2D eigenvalue weighted by Crippen LogP contribution is 2.28. The molecule has 194 valence electrons. The van der Waals surface area contributed by atoms with Gasteiger partial charge in [-0.2, -0.15) is 0 Å². The number of phenolic OH excluding ortho intramolecular Hbond substituents is 1. The number of carboxylic acid groups (broad SMARTS) is 1. The van der Waals surface area contributed by atoms with E-state index < -0.39 is 11.9 Å². The summed E-state index contributed by atoms with van der Waals surface area (Å²) in [6.45, 7) is 0.793. The van der Waals surface area contributed by atoms with Gasteiger partial charge in [0.15, 0.2) is 0 Å². The van der Waals surface area contributed by atoms with Crippen LogP contribution >= 0.6 is 0 Å². The Morgan fingerprint density at radius 2 is 1.34 bits per heavy atom. The SMILES string of the molecule is COc1ccc(CNc2ccc(O)c(C(=O)Oc3ccc(NCc4ccc(F)cc4)cc3C(=O)O)c2)cc1. The summed E-state index contributed by atoms with van der Waals surface area (Å²) in [7, 11) is 1.59. The summed E-state index contributed by atoms with van der Waals surface area (Å²) >= 11 is 0. The van der Waals surface area contributed by atoms with Crippen molar-refractivity contribution < 1.29 is 33.7 Å². The first-order chi connectivity index (χ1) is 18.3. The Morgan fingerprint density at radius 1 is 0.789 bits per heavy atom. The average molecular weight is 517 g/mol. The first-order valence-corrected chi connectivity index (χ1v) is 11.6. The van der Waals surface area contributed by atoms with E-state index in [-0.39, 0.29) is 28.4 Å². The quantitative estimate of drug-likeness (QED) is 0.121. The Labute approximate surface area is 218 Å². The molecule has 0 aliphatic rings. The normalized spacial score (nSPS) is 10.5. The first kappa shape index (κ1) is 26.0. The minimum atomic E-state index is -1.29. The van der Waals surface area contributed by atoms with Crippen molar-refractivity contribution >= 4 is 23.3 Å². The van der Waals surface area contributed by atoms with Crippen LogP contribution in [0.2, 0.25) is 0 Å². The van der Waals surface area contributed by atoms with Crippen LogP contribution < -0.4 is 20.1 Å². The Bertz CT molecular complexity index is 1440. The lowest BCUT2D eigenvalue weighted by Crippen LogP contribution is -2.13. The van der Waals surface area contributed by atoms with Crippen molar-refractivity contribution in [3.8, 4) is 17.2 Å². The second kappa shape index (κ2) is 11.8. The molecule has 4 aromatic rings. The number of carbonyl (C=O) groups excluding carboxylic acids is 1. The monoisotopic (exact) mass is 516 g/mol. The molecule has 4 aromatic carbocycles. The number of methoxy groups -OCH3 is 1. The number of hydrogen-bond acceptors (Lipinski definition) is 7. The summed E-state index contributed by atoms with van der Waals surface area (Å²) in [5.74, 6) is -2.30. The highest BCUT2D eigenvalue weighted by Gasteiger charge is 2.19.